The largest absolute Gasteiger partial charge is 0.481 e. The van der Waals surface area contributed by atoms with Gasteiger partial charge in [0, 0.05) is 58.8 Å². The van der Waals surface area contributed by atoms with Gasteiger partial charge in [0.25, 0.3) is 20.2 Å². The van der Waals surface area contributed by atoms with Gasteiger partial charge in [-0.25, -0.2) is 5.26 Å². The quantitative estimate of drug-likeness (QED) is 0.0256. The van der Waals surface area contributed by atoms with Crippen LogP contribution in [0.25, 0.3) is 0 Å². The zero-order valence-corrected chi connectivity index (χ0v) is 31.2. The molecule has 13 nitrogen and oxygen atoms in total. The fourth-order valence-corrected chi connectivity index (χ4v) is 7.79. The summed E-state index contributed by atoms with van der Waals surface area (Å²) in [4.78, 5) is 13.3. The van der Waals surface area contributed by atoms with Gasteiger partial charge in [0.1, 0.15) is 6.54 Å². The molecule has 0 fully saturated rings. The lowest BCUT2D eigenvalue weighted by molar-refractivity contribution is -0.438. The molecule has 0 aliphatic carbocycles. The van der Waals surface area contributed by atoms with E-state index < -0.39 is 42.8 Å². The normalized spacial score (nSPS) is 17.8. The maximum atomic E-state index is 11.9. The number of fused-ring (bicyclic) bond motifs is 2. The van der Waals surface area contributed by atoms with Crippen LogP contribution in [0.2, 0.25) is 0 Å². The van der Waals surface area contributed by atoms with E-state index in [4.69, 9.17) is 10.4 Å². The van der Waals surface area contributed by atoms with E-state index in [0.29, 0.717) is 24.3 Å². The number of aliphatic carboxylic acids is 1. The number of hydrogen-bond acceptors (Lipinski definition) is 10. The van der Waals surface area contributed by atoms with Gasteiger partial charge in [-0.15, -0.1) is 4.33 Å². The van der Waals surface area contributed by atoms with Gasteiger partial charge in [-0.2, -0.15) is 21.4 Å². The standard InChI is InChI=1S/C35H42N2O11S3/c1-34(2)27-23-25(49-48-47-40)16-18-29(27)37(21-22-50(41,42)43)32(34)14-10-7-5-6-9-13-31-35(3,4)28-24-26(51(44,45)46)17-19-30(28)36(31)20-12-8-11-15-33(38)39/h5-7,9-10,13-14,16-19,23-24H,8,11-12,15,20-22H2,1-4H3,(H3-,38,39,40,41,42,43,44,45,46)/p+1. The van der Waals surface area contributed by atoms with Crippen LogP contribution in [0.4, 0.5) is 11.4 Å². The Morgan fingerprint density at radius 2 is 1.61 bits per heavy atom. The average molecular weight is 764 g/mol. The molecule has 0 spiro atoms. The number of hydrogen-bond donors (Lipinski definition) is 4. The molecule has 0 amide bonds. The predicted octanol–water partition coefficient (Wildman–Crippen LogP) is 6.62. The van der Waals surface area contributed by atoms with Gasteiger partial charge in [0.05, 0.1) is 28.1 Å². The van der Waals surface area contributed by atoms with Gasteiger partial charge in [-0.3, -0.25) is 13.9 Å². The summed E-state index contributed by atoms with van der Waals surface area (Å²) in [5, 5.41) is 21.2. The van der Waals surface area contributed by atoms with Crippen molar-refractivity contribution in [3.8, 4) is 0 Å². The fourth-order valence-electron chi connectivity index (χ4n) is 6.47. The Hall–Kier alpha value is -3.61. The lowest BCUT2D eigenvalue weighted by atomic mass is 9.81. The van der Waals surface area contributed by atoms with Crippen molar-refractivity contribution in [2.24, 2.45) is 0 Å². The minimum Gasteiger partial charge on any atom is -0.481 e. The maximum absolute atomic E-state index is 11.9. The summed E-state index contributed by atoms with van der Waals surface area (Å²) >= 11 is 0.816. The third-order valence-corrected chi connectivity index (χ3v) is 11.1. The molecule has 2 aliphatic heterocycles. The topological polar surface area (TPSA) is 191 Å². The van der Waals surface area contributed by atoms with Gasteiger partial charge in [0.15, 0.2) is 5.71 Å². The molecule has 51 heavy (non-hydrogen) atoms. The van der Waals surface area contributed by atoms with Crippen molar-refractivity contribution in [3.63, 3.8) is 0 Å². The molecule has 2 aromatic carbocycles. The lowest BCUT2D eigenvalue weighted by Gasteiger charge is -2.26. The zero-order chi connectivity index (χ0) is 37.6. The molecule has 0 bridgehead atoms. The SMILES string of the molecule is CC1(C)C(/C=C/C=C/C=C/C=C2/N(CCS(=O)(=O)O)c3ccc(SOOO)cc3C2(C)C)=[N+](CCCCCC(=O)O)c2ccc(S(=O)(=O)O)cc21. The molecule has 0 saturated heterocycles. The van der Waals surface area contributed by atoms with Crippen LogP contribution in [0.5, 0.6) is 0 Å². The number of anilines is 1. The molecule has 0 atom stereocenters. The lowest BCUT2D eigenvalue weighted by Crippen LogP contribution is -2.30. The molecule has 4 N–H and O–H groups in total. The van der Waals surface area contributed by atoms with Gasteiger partial charge < -0.3 is 10.0 Å². The van der Waals surface area contributed by atoms with Crippen LogP contribution in [0, 0.1) is 0 Å². The Kier molecular flexibility index (Phi) is 12.9. The Morgan fingerprint density at radius 1 is 0.902 bits per heavy atom. The second kappa shape index (κ2) is 16.4. The molecule has 2 aliphatic rings. The monoisotopic (exact) mass is 763 g/mol. The van der Waals surface area contributed by atoms with Crippen molar-refractivity contribution in [2.45, 2.75) is 74.0 Å². The Labute approximate surface area is 302 Å². The number of nitrogens with zero attached hydrogens (tertiary/aromatic N) is 2. The number of carboxylic acids is 1. The minimum absolute atomic E-state index is 0.0226. The molecule has 2 heterocycles. The first-order valence-corrected chi connectivity index (χ1v) is 19.9. The summed E-state index contributed by atoms with van der Waals surface area (Å²) < 4.78 is 72.9. The van der Waals surface area contributed by atoms with Crippen molar-refractivity contribution in [3.05, 3.63) is 95.8 Å². The second-order valence-corrected chi connectivity index (χ2v) is 16.9. The van der Waals surface area contributed by atoms with E-state index in [9.17, 15) is 30.7 Å². The molecule has 0 unspecified atom stereocenters. The van der Waals surface area contributed by atoms with Gasteiger partial charge >= 0.3 is 5.97 Å². The van der Waals surface area contributed by atoms with Crippen LogP contribution in [0.1, 0.15) is 64.5 Å². The van der Waals surface area contributed by atoms with Gasteiger partial charge in [-0.05, 0) is 68.7 Å². The van der Waals surface area contributed by atoms with Crippen molar-refractivity contribution in [1.29, 1.82) is 0 Å². The number of rotatable bonds is 17. The summed E-state index contributed by atoms with van der Waals surface area (Å²) in [5.74, 6) is -1.31. The zero-order valence-electron chi connectivity index (χ0n) is 28.7. The third kappa shape index (κ3) is 9.84. The molecular weight excluding hydrogens is 721 g/mol. The number of benzene rings is 2. The van der Waals surface area contributed by atoms with Gasteiger partial charge in [-0.1, -0.05) is 49.3 Å². The van der Waals surface area contributed by atoms with Crippen LogP contribution in [-0.2, 0) is 45.2 Å². The number of carboxylic acid groups (broad SMARTS) is 1. The van der Waals surface area contributed by atoms with E-state index in [2.05, 4.69) is 13.9 Å². The Bertz CT molecular complexity index is 2010. The van der Waals surface area contributed by atoms with Crippen molar-refractivity contribution in [1.82, 2.24) is 0 Å². The highest BCUT2D eigenvalue weighted by Gasteiger charge is 2.45. The first-order chi connectivity index (χ1) is 23.9. The van der Waals surface area contributed by atoms with Gasteiger partial charge in [0.2, 0.25) is 5.69 Å². The molecule has 2 aromatic rings. The van der Waals surface area contributed by atoms with Crippen molar-refractivity contribution in [2.75, 3.05) is 23.7 Å². The van der Waals surface area contributed by atoms with Crippen LogP contribution < -0.4 is 4.90 Å². The van der Waals surface area contributed by atoms with Crippen LogP contribution in [-0.4, -0.2) is 71.4 Å². The minimum atomic E-state index is -4.40. The smallest absolute Gasteiger partial charge is 0.303 e. The average Bonchev–Trinajstić information content (AvgIpc) is 3.38. The molecule has 0 aromatic heterocycles. The molecule has 4 rings (SSSR count). The first kappa shape index (κ1) is 40.2. The highest BCUT2D eigenvalue weighted by Crippen LogP contribution is 2.49. The summed E-state index contributed by atoms with van der Waals surface area (Å²) in [6.45, 7) is 8.55. The van der Waals surface area contributed by atoms with Crippen LogP contribution >= 0.6 is 12.0 Å². The van der Waals surface area contributed by atoms with Crippen LogP contribution in [0.3, 0.4) is 0 Å². The fraction of sp³-hybridized carbons (Fsp3) is 0.371. The highest BCUT2D eigenvalue weighted by atomic mass is 32.2. The van der Waals surface area contributed by atoms with E-state index in [0.717, 1.165) is 52.4 Å². The number of carbonyl (C=O) groups is 1. The van der Waals surface area contributed by atoms with Crippen molar-refractivity contribution < 1.29 is 55.0 Å². The Balaban J connectivity index is 1.58. The number of allylic oxidation sites excluding steroid dienone is 8. The van der Waals surface area contributed by atoms with E-state index in [-0.39, 0.29) is 17.9 Å². The van der Waals surface area contributed by atoms with E-state index in [1.54, 1.807) is 12.1 Å². The predicted molar refractivity (Wildman–Crippen MR) is 195 cm³/mol. The second-order valence-electron chi connectivity index (χ2n) is 13.2. The summed E-state index contributed by atoms with van der Waals surface area (Å²) in [6.07, 6.45) is 15.1. The highest BCUT2D eigenvalue weighted by molar-refractivity contribution is 7.94. The number of unbranched alkanes of at least 4 members (excludes halogenated alkanes) is 2. The first-order valence-electron chi connectivity index (χ1n) is 16.1. The van der Waals surface area contributed by atoms with E-state index in [1.807, 2.05) is 87.3 Å². The maximum Gasteiger partial charge on any atom is 0.303 e. The molecule has 16 heteroatoms. The van der Waals surface area contributed by atoms with Crippen LogP contribution in [0.15, 0.2) is 94.4 Å². The molecule has 276 valence electrons. The van der Waals surface area contributed by atoms with Crippen molar-refractivity contribution >= 4 is 55.3 Å². The third-order valence-electron chi connectivity index (χ3n) is 8.98. The molecule has 0 saturated carbocycles. The van der Waals surface area contributed by atoms with E-state index >= 15 is 0 Å². The molecule has 0 radical (unpaired) electrons. The van der Waals surface area contributed by atoms with E-state index in [1.165, 1.54) is 12.1 Å². The summed E-state index contributed by atoms with van der Waals surface area (Å²) in [7, 11) is -8.63. The molecular formula is C35H43N2O11S3+. The summed E-state index contributed by atoms with van der Waals surface area (Å²) in [6, 6.07) is 9.96. The summed E-state index contributed by atoms with van der Waals surface area (Å²) in [5.41, 5.74) is 3.76. The Morgan fingerprint density at radius 3 is 2.27 bits per heavy atom.